The molecule has 138 valence electrons. The van der Waals surface area contributed by atoms with Crippen LogP contribution in [-0.4, -0.2) is 51.1 Å². The van der Waals surface area contributed by atoms with Crippen LogP contribution < -0.4 is 5.32 Å². The van der Waals surface area contributed by atoms with Gasteiger partial charge in [-0.25, -0.2) is 12.7 Å². The van der Waals surface area contributed by atoms with Crippen LogP contribution in [0.3, 0.4) is 0 Å². The molecule has 1 N–H and O–H groups in total. The number of nitrogens with one attached hydrogen (secondary N) is 1. The second kappa shape index (κ2) is 8.93. The first kappa shape index (κ1) is 21.1. The van der Waals surface area contributed by atoms with Gasteiger partial charge in [0.25, 0.3) is 5.91 Å². The van der Waals surface area contributed by atoms with E-state index in [0.29, 0.717) is 0 Å². The molecule has 0 saturated heterocycles. The highest BCUT2D eigenvalue weighted by molar-refractivity contribution is 7.89. The maximum Gasteiger partial charge on any atom is 0.306 e. The van der Waals surface area contributed by atoms with Gasteiger partial charge >= 0.3 is 5.97 Å². The van der Waals surface area contributed by atoms with E-state index in [1.165, 1.54) is 39.2 Å². The lowest BCUT2D eigenvalue weighted by Gasteiger charge is -2.14. The third kappa shape index (κ3) is 6.45. The van der Waals surface area contributed by atoms with Gasteiger partial charge in [0.1, 0.15) is 5.78 Å². The number of benzene rings is 1. The highest BCUT2D eigenvalue weighted by Crippen LogP contribution is 2.26. The van der Waals surface area contributed by atoms with E-state index in [2.05, 4.69) is 5.32 Å². The van der Waals surface area contributed by atoms with Crippen LogP contribution in [0.1, 0.15) is 19.8 Å². The number of halogens is 1. The van der Waals surface area contributed by atoms with Crippen LogP contribution in [0.25, 0.3) is 0 Å². The number of carbonyl (C=O) groups is 3. The highest BCUT2D eigenvalue weighted by atomic mass is 35.5. The molecule has 0 aliphatic rings. The molecule has 0 unspecified atom stereocenters. The molecule has 8 nitrogen and oxygen atoms in total. The van der Waals surface area contributed by atoms with Crippen molar-refractivity contribution in [3.63, 3.8) is 0 Å². The third-order valence-electron chi connectivity index (χ3n) is 3.04. The molecule has 1 aromatic rings. The predicted molar refractivity (Wildman–Crippen MR) is 91.8 cm³/mol. The quantitative estimate of drug-likeness (QED) is 0.672. The molecule has 0 saturated carbocycles. The summed E-state index contributed by atoms with van der Waals surface area (Å²) in [6.45, 7) is 0.772. The van der Waals surface area contributed by atoms with Crippen molar-refractivity contribution < 1.29 is 27.5 Å². The van der Waals surface area contributed by atoms with Crippen LogP contribution in [0.5, 0.6) is 0 Å². The van der Waals surface area contributed by atoms with Crippen molar-refractivity contribution in [2.45, 2.75) is 24.7 Å². The number of ether oxygens (including phenoxy) is 1. The fourth-order valence-electron chi connectivity index (χ4n) is 1.65. The number of ketones is 1. The largest absolute Gasteiger partial charge is 0.456 e. The molecule has 1 amide bonds. The molecule has 0 aliphatic carbocycles. The average molecular weight is 391 g/mol. The van der Waals surface area contributed by atoms with Crippen molar-refractivity contribution >= 4 is 45.0 Å². The molecule has 0 atom stereocenters. The molecule has 1 aromatic carbocycles. The van der Waals surface area contributed by atoms with Gasteiger partial charge in [-0.3, -0.25) is 9.59 Å². The van der Waals surface area contributed by atoms with E-state index in [9.17, 15) is 22.8 Å². The number of nitrogens with zero attached hydrogens (tertiary/aromatic N) is 1. The number of anilines is 1. The number of Topliss-reactive ketones (excluding diaryl/α,β-unsaturated/α-hetero) is 1. The normalized spacial score (nSPS) is 11.2. The van der Waals surface area contributed by atoms with E-state index in [0.717, 1.165) is 4.31 Å². The van der Waals surface area contributed by atoms with E-state index in [1.54, 1.807) is 0 Å². The zero-order valence-electron chi connectivity index (χ0n) is 14.0. The summed E-state index contributed by atoms with van der Waals surface area (Å²) in [6.07, 6.45) is -0.0728. The minimum atomic E-state index is -3.69. The summed E-state index contributed by atoms with van der Waals surface area (Å²) in [5, 5.41) is 2.52. The lowest BCUT2D eigenvalue weighted by atomic mass is 10.2. The van der Waals surface area contributed by atoms with Gasteiger partial charge in [-0.15, -0.1) is 0 Å². The Hall–Kier alpha value is -1.97. The SMILES string of the molecule is CC(=O)CCC(=O)OCC(=O)Nc1cc(S(=O)(=O)N(C)C)ccc1Cl. The van der Waals surface area contributed by atoms with Gasteiger partial charge in [-0.1, -0.05) is 11.6 Å². The summed E-state index contributed by atoms with van der Waals surface area (Å²) in [5.41, 5.74) is 0.0781. The monoisotopic (exact) mass is 390 g/mol. The first-order chi connectivity index (χ1) is 11.5. The second-order valence-corrected chi connectivity index (χ2v) is 7.90. The van der Waals surface area contributed by atoms with E-state index in [4.69, 9.17) is 16.3 Å². The number of amides is 1. The number of esters is 1. The molecule has 10 heteroatoms. The van der Waals surface area contributed by atoms with E-state index in [-0.39, 0.29) is 34.2 Å². The second-order valence-electron chi connectivity index (χ2n) is 5.34. The summed E-state index contributed by atoms with van der Waals surface area (Å²) in [4.78, 5) is 33.9. The Morgan fingerprint density at radius 3 is 2.40 bits per heavy atom. The minimum Gasteiger partial charge on any atom is -0.456 e. The van der Waals surface area contributed by atoms with Crippen molar-refractivity contribution in [2.75, 3.05) is 26.0 Å². The van der Waals surface area contributed by atoms with Crippen LogP contribution in [-0.2, 0) is 29.1 Å². The zero-order chi connectivity index (χ0) is 19.2. The smallest absolute Gasteiger partial charge is 0.306 e. The van der Waals surface area contributed by atoms with Gasteiger partial charge in [0.05, 0.1) is 22.0 Å². The number of sulfonamides is 1. The van der Waals surface area contributed by atoms with E-state index in [1.807, 2.05) is 0 Å². The lowest BCUT2D eigenvalue weighted by Crippen LogP contribution is -2.23. The third-order valence-corrected chi connectivity index (χ3v) is 5.18. The maximum atomic E-state index is 12.1. The highest BCUT2D eigenvalue weighted by Gasteiger charge is 2.19. The fourth-order valence-corrected chi connectivity index (χ4v) is 2.75. The minimum absolute atomic E-state index is 0.0384. The van der Waals surface area contributed by atoms with Crippen molar-refractivity contribution in [3.8, 4) is 0 Å². The van der Waals surface area contributed by atoms with Gasteiger partial charge in [0.2, 0.25) is 10.0 Å². The summed E-state index contributed by atoms with van der Waals surface area (Å²) in [6, 6.07) is 3.87. The summed E-state index contributed by atoms with van der Waals surface area (Å²) in [5.74, 6) is -1.52. The molecule has 0 aromatic heterocycles. The summed E-state index contributed by atoms with van der Waals surface area (Å²) < 4.78 is 29.9. The molecule has 0 bridgehead atoms. The summed E-state index contributed by atoms with van der Waals surface area (Å²) >= 11 is 5.95. The Morgan fingerprint density at radius 2 is 1.84 bits per heavy atom. The molecule has 0 heterocycles. The topological polar surface area (TPSA) is 110 Å². The Morgan fingerprint density at radius 1 is 1.20 bits per heavy atom. The fraction of sp³-hybridized carbons (Fsp3) is 0.400. The Kier molecular flexibility index (Phi) is 7.53. The van der Waals surface area contributed by atoms with Crippen LogP contribution in [0.15, 0.2) is 23.1 Å². The predicted octanol–water partition coefficient (Wildman–Crippen LogP) is 1.44. The van der Waals surface area contributed by atoms with Crippen LogP contribution in [0.2, 0.25) is 5.02 Å². The molecule has 0 radical (unpaired) electrons. The summed E-state index contributed by atoms with van der Waals surface area (Å²) in [7, 11) is -0.932. The molecule has 1 rings (SSSR count). The van der Waals surface area contributed by atoms with Crippen molar-refractivity contribution in [3.05, 3.63) is 23.2 Å². The Labute approximate surface area is 151 Å². The van der Waals surface area contributed by atoms with Crippen molar-refractivity contribution in [1.82, 2.24) is 4.31 Å². The molecule has 0 spiro atoms. The molecule has 0 fully saturated rings. The van der Waals surface area contributed by atoms with Crippen LogP contribution in [0.4, 0.5) is 5.69 Å². The number of carbonyl (C=O) groups excluding carboxylic acids is 3. The lowest BCUT2D eigenvalue weighted by molar-refractivity contribution is -0.148. The van der Waals surface area contributed by atoms with E-state index >= 15 is 0 Å². The molecule has 0 aliphatic heterocycles. The average Bonchev–Trinajstić information content (AvgIpc) is 2.52. The molecular weight excluding hydrogens is 372 g/mol. The maximum absolute atomic E-state index is 12.1. The Bertz CT molecular complexity index is 776. The Balaban J connectivity index is 2.74. The van der Waals surface area contributed by atoms with Gasteiger partial charge < -0.3 is 14.8 Å². The van der Waals surface area contributed by atoms with Crippen molar-refractivity contribution in [2.24, 2.45) is 0 Å². The van der Waals surface area contributed by atoms with Crippen LogP contribution in [0, 0.1) is 0 Å². The van der Waals surface area contributed by atoms with Gasteiger partial charge in [-0.2, -0.15) is 0 Å². The molecular formula is C15H19ClN2O6S. The van der Waals surface area contributed by atoms with E-state index < -0.39 is 28.5 Å². The molecule has 25 heavy (non-hydrogen) atoms. The zero-order valence-corrected chi connectivity index (χ0v) is 15.6. The van der Waals surface area contributed by atoms with Crippen LogP contribution >= 0.6 is 11.6 Å². The van der Waals surface area contributed by atoms with Gasteiger partial charge in [0.15, 0.2) is 6.61 Å². The van der Waals surface area contributed by atoms with Gasteiger partial charge in [-0.05, 0) is 25.1 Å². The number of rotatable bonds is 8. The number of hydrogen-bond acceptors (Lipinski definition) is 6. The number of hydrogen-bond donors (Lipinski definition) is 1. The first-order valence-electron chi connectivity index (χ1n) is 7.21. The van der Waals surface area contributed by atoms with Crippen molar-refractivity contribution in [1.29, 1.82) is 0 Å². The standard InChI is InChI=1S/C15H19ClN2O6S/c1-10(19)4-7-15(21)24-9-14(20)17-13-8-11(5-6-12(13)16)25(22,23)18(2)3/h5-6,8H,4,7,9H2,1-3H3,(H,17,20). The van der Waals surface area contributed by atoms with Gasteiger partial charge in [0, 0.05) is 20.5 Å². The first-order valence-corrected chi connectivity index (χ1v) is 9.03.